The topological polar surface area (TPSA) is 0 Å². The summed E-state index contributed by atoms with van der Waals surface area (Å²) >= 11 is 11.7. The summed E-state index contributed by atoms with van der Waals surface area (Å²) in [7, 11) is 0. The molecule has 70 valence electrons. The van der Waals surface area contributed by atoms with Crippen LogP contribution in [0.4, 0.5) is 0 Å². The smallest absolute Gasteiger partial charge is 0.0595 e. The van der Waals surface area contributed by atoms with Gasteiger partial charge in [-0.3, -0.25) is 0 Å². The molecule has 0 N–H and O–H groups in total. The van der Waals surface area contributed by atoms with E-state index in [9.17, 15) is 0 Å². The van der Waals surface area contributed by atoms with Gasteiger partial charge in [0.2, 0.25) is 0 Å². The SMILES string of the molecule is C=CC[C@H](C)c1ccc(Cl)c(Cl)c1. The molecule has 0 saturated heterocycles. The van der Waals surface area contributed by atoms with Crippen LogP contribution < -0.4 is 0 Å². The third-order valence-electron chi connectivity index (χ3n) is 2.03. The first-order valence-electron chi connectivity index (χ1n) is 4.21. The molecule has 0 aliphatic heterocycles. The first kappa shape index (κ1) is 10.6. The van der Waals surface area contributed by atoms with E-state index < -0.39 is 0 Å². The first-order chi connectivity index (χ1) is 6.15. The van der Waals surface area contributed by atoms with E-state index in [4.69, 9.17) is 23.2 Å². The minimum absolute atomic E-state index is 0.451. The normalized spacial score (nSPS) is 12.5. The van der Waals surface area contributed by atoms with Crippen LogP contribution in [0.25, 0.3) is 0 Å². The predicted octanol–water partition coefficient (Wildman–Crippen LogP) is 4.67. The fourth-order valence-corrected chi connectivity index (χ4v) is 1.51. The molecule has 0 nitrogen and oxygen atoms in total. The molecule has 0 unspecified atom stereocenters. The van der Waals surface area contributed by atoms with Gasteiger partial charge in [0.25, 0.3) is 0 Å². The van der Waals surface area contributed by atoms with Gasteiger partial charge in [-0.2, -0.15) is 0 Å². The number of hydrogen-bond donors (Lipinski definition) is 0. The van der Waals surface area contributed by atoms with Gasteiger partial charge in [-0.25, -0.2) is 0 Å². The van der Waals surface area contributed by atoms with Gasteiger partial charge < -0.3 is 0 Å². The highest BCUT2D eigenvalue weighted by Crippen LogP contribution is 2.27. The van der Waals surface area contributed by atoms with Crippen molar-refractivity contribution >= 4 is 23.2 Å². The number of hydrogen-bond acceptors (Lipinski definition) is 0. The molecular formula is C11H12Cl2. The monoisotopic (exact) mass is 214 g/mol. The van der Waals surface area contributed by atoms with Crippen LogP contribution in [0, 0.1) is 0 Å². The zero-order chi connectivity index (χ0) is 9.84. The molecular weight excluding hydrogens is 203 g/mol. The fraction of sp³-hybridized carbons (Fsp3) is 0.273. The van der Waals surface area contributed by atoms with Gasteiger partial charge in [0.05, 0.1) is 10.0 Å². The molecule has 0 radical (unpaired) electrons. The molecule has 1 atom stereocenters. The average molecular weight is 215 g/mol. The lowest BCUT2D eigenvalue weighted by Gasteiger charge is -2.09. The minimum atomic E-state index is 0.451. The maximum absolute atomic E-state index is 5.90. The largest absolute Gasteiger partial charge is 0.103 e. The Morgan fingerprint density at radius 2 is 2.08 bits per heavy atom. The Hall–Kier alpha value is -0.460. The van der Waals surface area contributed by atoms with Crippen molar-refractivity contribution in [1.29, 1.82) is 0 Å². The van der Waals surface area contributed by atoms with Crippen molar-refractivity contribution in [2.45, 2.75) is 19.3 Å². The van der Waals surface area contributed by atoms with Crippen LogP contribution in [0.1, 0.15) is 24.8 Å². The Morgan fingerprint density at radius 3 is 2.62 bits per heavy atom. The molecule has 0 aliphatic carbocycles. The van der Waals surface area contributed by atoms with E-state index >= 15 is 0 Å². The summed E-state index contributed by atoms with van der Waals surface area (Å²) in [5.41, 5.74) is 1.20. The van der Waals surface area contributed by atoms with Gasteiger partial charge in [0, 0.05) is 0 Å². The highest BCUT2D eigenvalue weighted by Gasteiger charge is 2.05. The lowest BCUT2D eigenvalue weighted by molar-refractivity contribution is 0.782. The molecule has 0 aliphatic rings. The molecule has 0 spiro atoms. The third kappa shape index (κ3) is 2.75. The van der Waals surface area contributed by atoms with Crippen LogP contribution >= 0.6 is 23.2 Å². The van der Waals surface area contributed by atoms with Crippen molar-refractivity contribution in [3.63, 3.8) is 0 Å². The van der Waals surface area contributed by atoms with Crippen molar-refractivity contribution in [3.8, 4) is 0 Å². The summed E-state index contributed by atoms with van der Waals surface area (Å²) < 4.78 is 0. The number of halogens is 2. The highest BCUT2D eigenvalue weighted by atomic mass is 35.5. The lowest BCUT2D eigenvalue weighted by Crippen LogP contribution is -1.91. The van der Waals surface area contributed by atoms with Crippen LogP contribution in [0.3, 0.4) is 0 Å². The Bertz CT molecular complexity index is 305. The van der Waals surface area contributed by atoms with Crippen LogP contribution in [-0.2, 0) is 0 Å². The van der Waals surface area contributed by atoms with Crippen LogP contribution in [0.5, 0.6) is 0 Å². The molecule has 13 heavy (non-hydrogen) atoms. The van der Waals surface area contributed by atoms with Crippen LogP contribution in [-0.4, -0.2) is 0 Å². The van der Waals surface area contributed by atoms with Gasteiger partial charge in [-0.15, -0.1) is 6.58 Å². The second-order valence-electron chi connectivity index (χ2n) is 3.10. The lowest BCUT2D eigenvalue weighted by atomic mass is 9.98. The first-order valence-corrected chi connectivity index (χ1v) is 4.96. The molecule has 0 fully saturated rings. The van der Waals surface area contributed by atoms with Crippen molar-refractivity contribution in [2.24, 2.45) is 0 Å². The summed E-state index contributed by atoms with van der Waals surface area (Å²) in [6, 6.07) is 5.75. The number of allylic oxidation sites excluding steroid dienone is 1. The summed E-state index contributed by atoms with van der Waals surface area (Å²) in [5, 5.41) is 1.23. The Labute approximate surface area is 89.2 Å². The summed E-state index contributed by atoms with van der Waals surface area (Å²) in [4.78, 5) is 0. The molecule has 1 rings (SSSR count). The molecule has 0 heterocycles. The van der Waals surface area contributed by atoms with Gasteiger partial charge in [-0.05, 0) is 30.0 Å². The summed E-state index contributed by atoms with van der Waals surface area (Å²) in [5.74, 6) is 0.451. The molecule has 0 bridgehead atoms. The zero-order valence-electron chi connectivity index (χ0n) is 7.56. The zero-order valence-corrected chi connectivity index (χ0v) is 9.07. The maximum Gasteiger partial charge on any atom is 0.0595 e. The minimum Gasteiger partial charge on any atom is -0.103 e. The molecule has 0 aromatic heterocycles. The van der Waals surface area contributed by atoms with E-state index in [0.29, 0.717) is 16.0 Å². The van der Waals surface area contributed by atoms with Crippen molar-refractivity contribution in [1.82, 2.24) is 0 Å². The van der Waals surface area contributed by atoms with Crippen molar-refractivity contribution in [3.05, 3.63) is 46.5 Å². The fourth-order valence-electron chi connectivity index (χ4n) is 1.20. The van der Waals surface area contributed by atoms with Crippen molar-refractivity contribution in [2.75, 3.05) is 0 Å². The van der Waals surface area contributed by atoms with Gasteiger partial charge in [0.15, 0.2) is 0 Å². The van der Waals surface area contributed by atoms with E-state index in [-0.39, 0.29) is 0 Å². The average Bonchev–Trinajstić information content (AvgIpc) is 2.10. The number of rotatable bonds is 3. The van der Waals surface area contributed by atoms with Gasteiger partial charge in [0.1, 0.15) is 0 Å². The summed E-state index contributed by atoms with van der Waals surface area (Å²) in [6.45, 7) is 5.85. The highest BCUT2D eigenvalue weighted by molar-refractivity contribution is 6.42. The molecule has 0 amide bonds. The predicted molar refractivity (Wildman–Crippen MR) is 59.7 cm³/mol. The third-order valence-corrected chi connectivity index (χ3v) is 2.77. The molecule has 1 aromatic carbocycles. The molecule has 2 heteroatoms. The van der Waals surface area contributed by atoms with E-state index in [0.717, 1.165) is 6.42 Å². The van der Waals surface area contributed by atoms with Gasteiger partial charge >= 0.3 is 0 Å². The second kappa shape index (κ2) is 4.69. The van der Waals surface area contributed by atoms with E-state index in [1.165, 1.54) is 5.56 Å². The van der Waals surface area contributed by atoms with E-state index in [1.807, 2.05) is 24.3 Å². The van der Waals surface area contributed by atoms with Crippen LogP contribution in [0.2, 0.25) is 10.0 Å². The van der Waals surface area contributed by atoms with E-state index in [1.54, 1.807) is 0 Å². The Balaban J connectivity index is 2.89. The quantitative estimate of drug-likeness (QED) is 0.642. The Kier molecular flexibility index (Phi) is 3.83. The van der Waals surface area contributed by atoms with Crippen molar-refractivity contribution < 1.29 is 0 Å². The summed E-state index contributed by atoms with van der Waals surface area (Å²) in [6.07, 6.45) is 2.87. The van der Waals surface area contributed by atoms with Crippen LogP contribution in [0.15, 0.2) is 30.9 Å². The number of benzene rings is 1. The second-order valence-corrected chi connectivity index (χ2v) is 3.91. The standard InChI is InChI=1S/C11H12Cl2/c1-3-4-8(2)9-5-6-10(12)11(13)7-9/h3,5-8H,1,4H2,2H3/t8-/m0/s1. The molecule has 0 saturated carbocycles. The Morgan fingerprint density at radius 1 is 1.38 bits per heavy atom. The maximum atomic E-state index is 5.90. The van der Waals surface area contributed by atoms with Gasteiger partial charge in [-0.1, -0.05) is 42.3 Å². The molecule has 1 aromatic rings. The van der Waals surface area contributed by atoms with E-state index in [2.05, 4.69) is 13.5 Å².